The zero-order chi connectivity index (χ0) is 9.40. The first-order valence-electron chi connectivity index (χ1n) is 4.46. The monoisotopic (exact) mass is 182 g/mol. The SMILES string of the molecule is C=C/C=C\C1=C(C)SCC1.CC. The van der Waals surface area contributed by atoms with Crippen LogP contribution in [0.1, 0.15) is 27.2 Å². The lowest BCUT2D eigenvalue weighted by Crippen LogP contribution is -1.72. The highest BCUT2D eigenvalue weighted by Gasteiger charge is 2.06. The van der Waals surface area contributed by atoms with E-state index in [-0.39, 0.29) is 0 Å². The normalized spacial score (nSPS) is 16.2. The molecule has 0 amide bonds. The van der Waals surface area contributed by atoms with E-state index in [1.807, 2.05) is 37.8 Å². The molecule has 1 aliphatic rings. The molecule has 12 heavy (non-hydrogen) atoms. The molecule has 0 aromatic rings. The Morgan fingerprint density at radius 3 is 2.50 bits per heavy atom. The summed E-state index contributed by atoms with van der Waals surface area (Å²) < 4.78 is 0. The molecule has 0 aliphatic carbocycles. The van der Waals surface area contributed by atoms with Crippen molar-refractivity contribution in [3.63, 3.8) is 0 Å². The van der Waals surface area contributed by atoms with Crippen LogP contribution in [-0.4, -0.2) is 5.75 Å². The van der Waals surface area contributed by atoms with Gasteiger partial charge in [0.1, 0.15) is 0 Å². The van der Waals surface area contributed by atoms with Gasteiger partial charge in [-0.25, -0.2) is 0 Å². The van der Waals surface area contributed by atoms with Crippen molar-refractivity contribution >= 4 is 11.8 Å². The van der Waals surface area contributed by atoms with Gasteiger partial charge in [-0.15, -0.1) is 11.8 Å². The summed E-state index contributed by atoms with van der Waals surface area (Å²) in [4.78, 5) is 1.47. The Kier molecular flexibility index (Phi) is 6.97. The Hall–Kier alpha value is -0.430. The summed E-state index contributed by atoms with van der Waals surface area (Å²) in [5.41, 5.74) is 1.48. The Morgan fingerprint density at radius 1 is 1.42 bits per heavy atom. The Morgan fingerprint density at radius 2 is 2.08 bits per heavy atom. The lowest BCUT2D eigenvalue weighted by molar-refractivity contribution is 1.19. The van der Waals surface area contributed by atoms with Crippen LogP contribution in [0.5, 0.6) is 0 Å². The van der Waals surface area contributed by atoms with E-state index in [2.05, 4.69) is 19.6 Å². The lowest BCUT2D eigenvalue weighted by Gasteiger charge is -1.90. The minimum atomic E-state index is 1.22. The summed E-state index contributed by atoms with van der Waals surface area (Å²) in [6.07, 6.45) is 7.21. The molecule has 0 aromatic heterocycles. The summed E-state index contributed by atoms with van der Waals surface area (Å²) in [7, 11) is 0. The van der Waals surface area contributed by atoms with Crippen molar-refractivity contribution in [2.24, 2.45) is 0 Å². The topological polar surface area (TPSA) is 0 Å². The Labute approximate surface area is 80.4 Å². The minimum Gasteiger partial charge on any atom is -0.130 e. The van der Waals surface area contributed by atoms with Gasteiger partial charge >= 0.3 is 0 Å². The molecular formula is C11H18S. The second-order valence-corrected chi connectivity index (χ2v) is 3.58. The Bertz CT molecular complexity index is 187. The highest BCUT2D eigenvalue weighted by Crippen LogP contribution is 2.31. The van der Waals surface area contributed by atoms with Crippen LogP contribution < -0.4 is 0 Å². The molecule has 1 aliphatic heterocycles. The molecule has 1 heteroatoms. The van der Waals surface area contributed by atoms with E-state index in [1.54, 1.807) is 0 Å². The zero-order valence-corrected chi connectivity index (χ0v) is 9.08. The van der Waals surface area contributed by atoms with Gasteiger partial charge in [-0.1, -0.05) is 38.7 Å². The van der Waals surface area contributed by atoms with Crippen LogP contribution in [0.2, 0.25) is 0 Å². The first kappa shape index (κ1) is 11.6. The summed E-state index contributed by atoms with van der Waals surface area (Å²) in [5, 5.41) is 0. The molecular weight excluding hydrogens is 164 g/mol. The van der Waals surface area contributed by atoms with Crippen molar-refractivity contribution in [2.75, 3.05) is 5.75 Å². The predicted octanol–water partition coefficient (Wildman–Crippen LogP) is 4.17. The van der Waals surface area contributed by atoms with Crippen LogP contribution in [0.25, 0.3) is 0 Å². The molecule has 68 valence electrons. The fourth-order valence-corrected chi connectivity index (χ4v) is 1.95. The van der Waals surface area contributed by atoms with Crippen LogP contribution in [0, 0.1) is 0 Å². The quantitative estimate of drug-likeness (QED) is 0.578. The summed E-state index contributed by atoms with van der Waals surface area (Å²) in [6.45, 7) is 9.81. The summed E-state index contributed by atoms with van der Waals surface area (Å²) >= 11 is 1.95. The van der Waals surface area contributed by atoms with Crippen molar-refractivity contribution in [2.45, 2.75) is 27.2 Å². The number of allylic oxidation sites excluding steroid dienone is 5. The van der Waals surface area contributed by atoms with Crippen molar-refractivity contribution < 1.29 is 0 Å². The molecule has 0 N–H and O–H groups in total. The first-order valence-corrected chi connectivity index (χ1v) is 5.45. The zero-order valence-electron chi connectivity index (χ0n) is 8.26. The van der Waals surface area contributed by atoms with E-state index in [0.29, 0.717) is 0 Å². The average Bonchev–Trinajstić information content (AvgIpc) is 2.51. The lowest BCUT2D eigenvalue weighted by atomic mass is 10.2. The maximum Gasteiger partial charge on any atom is 0.00176 e. The number of rotatable bonds is 2. The molecule has 0 saturated carbocycles. The van der Waals surface area contributed by atoms with Gasteiger partial charge in [0.15, 0.2) is 0 Å². The third-order valence-corrected chi connectivity index (χ3v) is 2.68. The molecule has 1 rings (SSSR count). The van der Waals surface area contributed by atoms with Crippen LogP contribution in [-0.2, 0) is 0 Å². The molecule has 0 saturated heterocycles. The van der Waals surface area contributed by atoms with Crippen molar-refractivity contribution in [1.82, 2.24) is 0 Å². The van der Waals surface area contributed by atoms with Crippen LogP contribution >= 0.6 is 11.8 Å². The highest BCUT2D eigenvalue weighted by atomic mass is 32.2. The average molecular weight is 182 g/mol. The van der Waals surface area contributed by atoms with Crippen molar-refractivity contribution in [3.05, 3.63) is 35.3 Å². The van der Waals surface area contributed by atoms with E-state index in [0.717, 1.165) is 0 Å². The number of hydrogen-bond acceptors (Lipinski definition) is 1. The van der Waals surface area contributed by atoms with Gasteiger partial charge in [0.2, 0.25) is 0 Å². The molecule has 0 spiro atoms. The van der Waals surface area contributed by atoms with Gasteiger partial charge in [0, 0.05) is 5.75 Å². The fourth-order valence-electron chi connectivity index (χ4n) is 0.968. The van der Waals surface area contributed by atoms with E-state index in [1.165, 1.54) is 22.7 Å². The molecule has 0 nitrogen and oxygen atoms in total. The predicted molar refractivity (Wildman–Crippen MR) is 60.5 cm³/mol. The van der Waals surface area contributed by atoms with Crippen LogP contribution in [0.3, 0.4) is 0 Å². The molecule has 1 heterocycles. The van der Waals surface area contributed by atoms with Crippen LogP contribution in [0.4, 0.5) is 0 Å². The second-order valence-electron chi connectivity index (χ2n) is 2.27. The number of hydrogen-bond donors (Lipinski definition) is 0. The summed E-state index contributed by atoms with van der Waals surface area (Å²) in [6, 6.07) is 0. The summed E-state index contributed by atoms with van der Waals surface area (Å²) in [5.74, 6) is 1.25. The molecule has 0 fully saturated rings. The largest absolute Gasteiger partial charge is 0.130 e. The van der Waals surface area contributed by atoms with Gasteiger partial charge in [-0.2, -0.15) is 0 Å². The molecule has 0 unspecified atom stereocenters. The standard InChI is InChI=1S/C9H12S.C2H6/c1-3-4-5-9-6-7-10-8(9)2;1-2/h3-5H,1,6-7H2,2H3;1-2H3/b5-4-;. The fraction of sp³-hybridized carbons (Fsp3) is 0.455. The van der Waals surface area contributed by atoms with E-state index < -0.39 is 0 Å². The maximum absolute atomic E-state index is 3.63. The van der Waals surface area contributed by atoms with Crippen LogP contribution in [0.15, 0.2) is 35.3 Å². The van der Waals surface area contributed by atoms with E-state index >= 15 is 0 Å². The molecule has 0 aromatic carbocycles. The van der Waals surface area contributed by atoms with Gasteiger partial charge in [0.25, 0.3) is 0 Å². The molecule has 0 bridgehead atoms. The van der Waals surface area contributed by atoms with Gasteiger partial charge in [0.05, 0.1) is 0 Å². The van der Waals surface area contributed by atoms with E-state index in [4.69, 9.17) is 0 Å². The smallest absolute Gasteiger partial charge is 0.00176 e. The molecule has 0 radical (unpaired) electrons. The highest BCUT2D eigenvalue weighted by molar-refractivity contribution is 8.03. The third kappa shape index (κ3) is 3.82. The van der Waals surface area contributed by atoms with Gasteiger partial charge < -0.3 is 0 Å². The Balaban J connectivity index is 0.000000561. The van der Waals surface area contributed by atoms with Gasteiger partial charge in [-0.3, -0.25) is 0 Å². The first-order chi connectivity index (χ1) is 5.84. The second kappa shape index (κ2) is 7.23. The molecule has 0 atom stereocenters. The van der Waals surface area contributed by atoms with Gasteiger partial charge in [-0.05, 0) is 23.8 Å². The van der Waals surface area contributed by atoms with Crippen molar-refractivity contribution in [1.29, 1.82) is 0 Å². The third-order valence-electron chi connectivity index (χ3n) is 1.58. The van der Waals surface area contributed by atoms with Crippen molar-refractivity contribution in [3.8, 4) is 0 Å². The maximum atomic E-state index is 3.63. The number of thioether (sulfide) groups is 1. The van der Waals surface area contributed by atoms with E-state index in [9.17, 15) is 0 Å². The minimum absolute atomic E-state index is 1.22.